The van der Waals surface area contributed by atoms with Gasteiger partial charge in [-0.25, -0.2) is 9.97 Å². The maximum Gasteiger partial charge on any atom is 0.214 e. The zero-order valence-electron chi connectivity index (χ0n) is 11.2. The highest BCUT2D eigenvalue weighted by Crippen LogP contribution is 2.27. The Balaban J connectivity index is 2.12. The molecule has 6 nitrogen and oxygen atoms in total. The van der Waals surface area contributed by atoms with Gasteiger partial charge in [-0.05, 0) is 0 Å². The van der Waals surface area contributed by atoms with Crippen LogP contribution in [-0.2, 0) is 0 Å². The van der Waals surface area contributed by atoms with E-state index in [9.17, 15) is 0 Å². The molecule has 0 N–H and O–H groups in total. The minimum Gasteiger partial charge on any atom is -0.362 e. The van der Waals surface area contributed by atoms with Gasteiger partial charge in [0.2, 0.25) is 12.2 Å². The molecule has 100 valence electrons. The van der Waals surface area contributed by atoms with Crippen molar-refractivity contribution in [1.29, 1.82) is 0 Å². The second-order valence-electron chi connectivity index (χ2n) is 4.45. The monoisotopic (exact) mass is 267 g/mol. The summed E-state index contributed by atoms with van der Waals surface area (Å²) >= 11 is 0. The Hall–Kier alpha value is -2.76. The van der Waals surface area contributed by atoms with Gasteiger partial charge in [-0.3, -0.25) is 0 Å². The molecule has 0 bridgehead atoms. The lowest BCUT2D eigenvalue weighted by Gasteiger charge is -2.15. The van der Waals surface area contributed by atoms with Crippen molar-refractivity contribution in [3.8, 4) is 22.8 Å². The number of hydrogen-bond acceptors (Lipinski definition) is 6. The van der Waals surface area contributed by atoms with E-state index in [1.54, 1.807) is 6.20 Å². The van der Waals surface area contributed by atoms with E-state index < -0.39 is 0 Å². The molecule has 0 saturated heterocycles. The van der Waals surface area contributed by atoms with Crippen LogP contribution in [0.25, 0.3) is 22.8 Å². The minimum atomic E-state index is 0.480. The van der Waals surface area contributed by atoms with Gasteiger partial charge in [0.1, 0.15) is 5.82 Å². The van der Waals surface area contributed by atoms with E-state index >= 15 is 0 Å². The molecule has 0 aliphatic heterocycles. The SMILES string of the molecule is CN(C)c1nc(-c2ccccc2)ncc1-c1ncon1. The summed E-state index contributed by atoms with van der Waals surface area (Å²) < 4.78 is 4.78. The molecular formula is C14H13N5O. The summed E-state index contributed by atoms with van der Waals surface area (Å²) in [7, 11) is 3.83. The number of aromatic nitrogens is 4. The first-order valence-electron chi connectivity index (χ1n) is 6.12. The largest absolute Gasteiger partial charge is 0.362 e. The van der Waals surface area contributed by atoms with Gasteiger partial charge in [0.15, 0.2) is 5.82 Å². The molecule has 20 heavy (non-hydrogen) atoms. The Bertz CT molecular complexity index is 695. The highest BCUT2D eigenvalue weighted by Gasteiger charge is 2.15. The smallest absolute Gasteiger partial charge is 0.214 e. The number of benzene rings is 1. The summed E-state index contributed by atoms with van der Waals surface area (Å²) in [6.45, 7) is 0. The molecule has 0 unspecified atom stereocenters. The molecule has 0 radical (unpaired) electrons. The van der Waals surface area contributed by atoms with Crippen molar-refractivity contribution in [1.82, 2.24) is 20.1 Å². The first kappa shape index (κ1) is 12.3. The van der Waals surface area contributed by atoms with E-state index in [0.29, 0.717) is 11.6 Å². The van der Waals surface area contributed by atoms with Gasteiger partial charge in [0.25, 0.3) is 0 Å². The van der Waals surface area contributed by atoms with Crippen LogP contribution < -0.4 is 4.90 Å². The van der Waals surface area contributed by atoms with Crippen molar-refractivity contribution in [2.24, 2.45) is 0 Å². The second-order valence-corrected chi connectivity index (χ2v) is 4.45. The zero-order valence-corrected chi connectivity index (χ0v) is 11.2. The molecule has 0 spiro atoms. The van der Waals surface area contributed by atoms with Crippen molar-refractivity contribution in [3.63, 3.8) is 0 Å². The standard InChI is InChI=1S/C14H13N5O/c1-19(2)14-11(13-16-9-20-18-13)8-15-12(17-14)10-6-4-3-5-7-10/h3-9H,1-2H3. The van der Waals surface area contributed by atoms with Gasteiger partial charge in [0.05, 0.1) is 5.56 Å². The minimum absolute atomic E-state index is 0.480. The lowest BCUT2D eigenvalue weighted by molar-refractivity contribution is 0.418. The van der Waals surface area contributed by atoms with Crippen molar-refractivity contribution in [3.05, 3.63) is 42.9 Å². The maximum atomic E-state index is 4.78. The van der Waals surface area contributed by atoms with Gasteiger partial charge in [-0.2, -0.15) is 4.98 Å². The topological polar surface area (TPSA) is 67.9 Å². The maximum absolute atomic E-state index is 4.78. The molecule has 1 aromatic carbocycles. The summed E-state index contributed by atoms with van der Waals surface area (Å²) in [5, 5.41) is 3.84. The molecule has 0 aliphatic rings. The Morgan fingerprint density at radius 3 is 2.45 bits per heavy atom. The summed E-state index contributed by atoms with van der Waals surface area (Å²) in [5.74, 6) is 1.90. The fourth-order valence-electron chi connectivity index (χ4n) is 1.89. The Labute approximate surface area is 116 Å². The Kier molecular flexibility index (Phi) is 3.12. The molecule has 6 heteroatoms. The van der Waals surface area contributed by atoms with Crippen LogP contribution in [0.3, 0.4) is 0 Å². The molecule has 0 amide bonds. The highest BCUT2D eigenvalue weighted by atomic mass is 16.5. The lowest BCUT2D eigenvalue weighted by Crippen LogP contribution is -2.13. The van der Waals surface area contributed by atoms with Crippen molar-refractivity contribution >= 4 is 5.82 Å². The van der Waals surface area contributed by atoms with Gasteiger partial charge in [0, 0.05) is 25.9 Å². The predicted octanol–water partition coefficient (Wildman–Crippen LogP) is 2.26. The Morgan fingerprint density at radius 2 is 1.80 bits per heavy atom. The van der Waals surface area contributed by atoms with Crippen LogP contribution in [0.15, 0.2) is 47.4 Å². The number of nitrogens with zero attached hydrogens (tertiary/aromatic N) is 5. The molecule has 3 rings (SSSR count). The third-order valence-corrected chi connectivity index (χ3v) is 2.83. The first-order chi connectivity index (χ1) is 9.75. The normalized spacial score (nSPS) is 10.5. The molecule has 0 atom stereocenters. The average Bonchev–Trinajstić information content (AvgIpc) is 3.01. The van der Waals surface area contributed by atoms with Gasteiger partial charge in [-0.1, -0.05) is 35.5 Å². The molecule has 2 heterocycles. The Morgan fingerprint density at radius 1 is 1.00 bits per heavy atom. The van der Waals surface area contributed by atoms with Gasteiger partial charge < -0.3 is 9.42 Å². The van der Waals surface area contributed by atoms with Crippen LogP contribution in [0.2, 0.25) is 0 Å². The predicted molar refractivity (Wildman–Crippen MR) is 75.1 cm³/mol. The fraction of sp³-hybridized carbons (Fsp3) is 0.143. The number of anilines is 1. The third kappa shape index (κ3) is 2.23. The van der Waals surface area contributed by atoms with Crippen molar-refractivity contribution < 1.29 is 4.52 Å². The number of hydrogen-bond donors (Lipinski definition) is 0. The molecule has 0 aliphatic carbocycles. The summed E-state index contributed by atoms with van der Waals surface area (Å²) in [6.07, 6.45) is 3.01. The van der Waals surface area contributed by atoms with Crippen molar-refractivity contribution in [2.45, 2.75) is 0 Å². The highest BCUT2D eigenvalue weighted by molar-refractivity contribution is 5.71. The third-order valence-electron chi connectivity index (χ3n) is 2.83. The van der Waals surface area contributed by atoms with Crippen LogP contribution in [0.4, 0.5) is 5.82 Å². The molecule has 0 fully saturated rings. The van der Waals surface area contributed by atoms with Crippen LogP contribution in [-0.4, -0.2) is 34.2 Å². The molecule has 3 aromatic rings. The first-order valence-corrected chi connectivity index (χ1v) is 6.12. The lowest BCUT2D eigenvalue weighted by atomic mass is 10.2. The van der Waals surface area contributed by atoms with E-state index in [1.165, 1.54) is 6.39 Å². The average molecular weight is 267 g/mol. The van der Waals surface area contributed by atoms with Crippen LogP contribution in [0.5, 0.6) is 0 Å². The van der Waals surface area contributed by atoms with Gasteiger partial charge in [-0.15, -0.1) is 0 Å². The van der Waals surface area contributed by atoms with E-state index in [1.807, 2.05) is 49.3 Å². The van der Waals surface area contributed by atoms with E-state index in [-0.39, 0.29) is 0 Å². The molecule has 2 aromatic heterocycles. The van der Waals surface area contributed by atoms with E-state index in [2.05, 4.69) is 20.1 Å². The number of rotatable bonds is 3. The summed E-state index contributed by atoms with van der Waals surface area (Å²) in [6, 6.07) is 9.83. The van der Waals surface area contributed by atoms with Crippen molar-refractivity contribution in [2.75, 3.05) is 19.0 Å². The summed E-state index contributed by atoms with van der Waals surface area (Å²) in [5.41, 5.74) is 1.71. The van der Waals surface area contributed by atoms with Crippen LogP contribution in [0, 0.1) is 0 Å². The fourth-order valence-corrected chi connectivity index (χ4v) is 1.89. The van der Waals surface area contributed by atoms with E-state index in [0.717, 1.165) is 16.9 Å². The second kappa shape index (κ2) is 5.08. The van der Waals surface area contributed by atoms with Crippen LogP contribution in [0.1, 0.15) is 0 Å². The van der Waals surface area contributed by atoms with Gasteiger partial charge >= 0.3 is 0 Å². The zero-order chi connectivity index (χ0) is 13.9. The van der Waals surface area contributed by atoms with Crippen LogP contribution >= 0.6 is 0 Å². The summed E-state index contributed by atoms with van der Waals surface area (Å²) in [4.78, 5) is 14.9. The van der Waals surface area contributed by atoms with E-state index in [4.69, 9.17) is 4.52 Å². The molecule has 0 saturated carbocycles. The molecular weight excluding hydrogens is 254 g/mol. The quantitative estimate of drug-likeness (QED) is 0.725.